The second-order valence-corrected chi connectivity index (χ2v) is 13.2. The molecule has 2 aromatic carbocycles. The molecule has 0 radical (unpaired) electrons. The van der Waals surface area contributed by atoms with Gasteiger partial charge in [0.25, 0.3) is 5.91 Å². The van der Waals surface area contributed by atoms with Gasteiger partial charge in [0, 0.05) is 26.6 Å². The number of benzene rings is 2. The molecule has 3 aliphatic rings. The highest BCUT2D eigenvalue weighted by Gasteiger charge is 2.75. The zero-order valence-corrected chi connectivity index (χ0v) is 28.5. The lowest BCUT2D eigenvalue weighted by molar-refractivity contribution is -0.164. The van der Waals surface area contributed by atoms with Gasteiger partial charge in [-0.05, 0) is 50.3 Å². The zero-order valence-electron chi connectivity index (χ0n) is 27.7. The Hall–Kier alpha value is -3.99. The van der Waals surface area contributed by atoms with Crippen molar-refractivity contribution >= 4 is 41.0 Å². The third kappa shape index (κ3) is 6.17. The first-order valence-corrected chi connectivity index (χ1v) is 16.8. The van der Waals surface area contributed by atoms with Gasteiger partial charge in [0.2, 0.25) is 11.8 Å². The number of likely N-dealkylation sites (N-methyl/N-ethyl adjacent to an activating group) is 1. The summed E-state index contributed by atoms with van der Waals surface area (Å²) in [6.07, 6.45) is 3.38. The van der Waals surface area contributed by atoms with Crippen LogP contribution >= 0.6 is 11.6 Å². The number of halogens is 1. The molecule has 11 heteroatoms. The Balaban J connectivity index is 1.49. The minimum Gasteiger partial charge on any atom is -0.455 e. The molecule has 256 valence electrons. The number of hydrogen-bond acceptors (Lipinski definition) is 7. The fraction of sp³-hybridized carbons (Fsp3) is 0.459. The summed E-state index contributed by atoms with van der Waals surface area (Å²) in [6.45, 7) is 10.8. The average Bonchev–Trinajstić information content (AvgIpc) is 3.72. The first-order valence-electron chi connectivity index (χ1n) is 16.4. The third-order valence-electron chi connectivity index (χ3n) is 10.1. The van der Waals surface area contributed by atoms with Crippen LogP contribution in [0.15, 0.2) is 73.8 Å². The van der Waals surface area contributed by atoms with E-state index >= 15 is 0 Å². The maximum absolute atomic E-state index is 14.6. The molecule has 3 amide bonds. The molecule has 5 rings (SSSR count). The van der Waals surface area contributed by atoms with Gasteiger partial charge in [-0.2, -0.15) is 0 Å². The molecule has 1 N–H and O–H groups in total. The lowest BCUT2D eigenvalue weighted by Crippen LogP contribution is -2.57. The van der Waals surface area contributed by atoms with E-state index in [0.717, 1.165) is 5.56 Å². The van der Waals surface area contributed by atoms with Crippen LogP contribution in [0.4, 0.5) is 5.69 Å². The molecule has 10 nitrogen and oxygen atoms in total. The number of hydrogen-bond donors (Lipinski definition) is 1. The number of ether oxygens (including phenoxy) is 2. The Labute approximate surface area is 286 Å². The van der Waals surface area contributed by atoms with Gasteiger partial charge in [-0.15, -0.1) is 13.2 Å². The van der Waals surface area contributed by atoms with Crippen LogP contribution in [0.2, 0.25) is 5.02 Å². The fourth-order valence-corrected chi connectivity index (χ4v) is 8.03. The van der Waals surface area contributed by atoms with Crippen molar-refractivity contribution < 1.29 is 33.8 Å². The van der Waals surface area contributed by atoms with Gasteiger partial charge in [0.05, 0.1) is 41.3 Å². The van der Waals surface area contributed by atoms with Crippen molar-refractivity contribution in [1.82, 2.24) is 9.80 Å². The number of aryl methyl sites for hydroxylation is 1. The highest BCUT2D eigenvalue weighted by Crippen LogP contribution is 2.59. The zero-order chi connectivity index (χ0) is 34.7. The molecular weight excluding hydrogens is 634 g/mol. The van der Waals surface area contributed by atoms with E-state index in [1.165, 1.54) is 9.80 Å². The van der Waals surface area contributed by atoms with E-state index in [1.54, 1.807) is 36.2 Å². The van der Waals surface area contributed by atoms with Gasteiger partial charge >= 0.3 is 5.97 Å². The van der Waals surface area contributed by atoms with Gasteiger partial charge in [-0.1, -0.05) is 66.2 Å². The molecule has 0 aromatic heterocycles. The van der Waals surface area contributed by atoms with Crippen molar-refractivity contribution in [3.63, 3.8) is 0 Å². The van der Waals surface area contributed by atoms with E-state index in [4.69, 9.17) is 21.1 Å². The van der Waals surface area contributed by atoms with Gasteiger partial charge in [0.15, 0.2) is 0 Å². The topological polar surface area (TPSA) is 117 Å². The Bertz CT molecular complexity index is 1550. The first-order chi connectivity index (χ1) is 23.0. The molecule has 7 atom stereocenters. The van der Waals surface area contributed by atoms with Crippen molar-refractivity contribution in [1.29, 1.82) is 0 Å². The summed E-state index contributed by atoms with van der Waals surface area (Å²) in [5.41, 5.74) is 0.646. The summed E-state index contributed by atoms with van der Waals surface area (Å²) in [7, 11) is 1.68. The minimum atomic E-state index is -1.31. The van der Waals surface area contributed by atoms with Crippen LogP contribution in [-0.2, 0) is 28.7 Å². The Morgan fingerprint density at radius 2 is 1.90 bits per heavy atom. The lowest BCUT2D eigenvalue weighted by atomic mass is 9.70. The molecule has 3 saturated heterocycles. The SMILES string of the molecule is C=CCCC(=O)N(C)[C@H](C)[C@H](OC(=O)[C@@H]1[C@H]2C(=O)N(CCO)[C@H](C(=O)N(CC=C)c3c(C)cccc3Cl)[C@]23CC[C@H]1O3)c1ccccc1. The maximum atomic E-state index is 14.6. The number of rotatable bonds is 14. The largest absolute Gasteiger partial charge is 0.455 e. The van der Waals surface area contributed by atoms with Crippen molar-refractivity contribution in [2.45, 2.75) is 69.4 Å². The number of amides is 3. The summed E-state index contributed by atoms with van der Waals surface area (Å²) in [4.78, 5) is 60.6. The molecule has 2 aromatic rings. The molecular formula is C37H44ClN3O7. The van der Waals surface area contributed by atoms with Crippen LogP contribution in [0.3, 0.4) is 0 Å². The van der Waals surface area contributed by atoms with Crippen molar-refractivity contribution in [3.8, 4) is 0 Å². The second kappa shape index (κ2) is 14.6. The molecule has 0 saturated carbocycles. The molecule has 3 fully saturated rings. The van der Waals surface area contributed by atoms with Crippen LogP contribution in [0.25, 0.3) is 0 Å². The van der Waals surface area contributed by atoms with E-state index in [-0.39, 0.29) is 32.0 Å². The number of likely N-dealkylation sites (tertiary alicyclic amines) is 1. The Morgan fingerprint density at radius 1 is 1.17 bits per heavy atom. The fourth-order valence-electron chi connectivity index (χ4n) is 7.71. The van der Waals surface area contributed by atoms with E-state index < -0.39 is 59.5 Å². The molecule has 0 unspecified atom stereocenters. The number of aliphatic hydroxyl groups excluding tert-OH is 1. The predicted octanol–water partition coefficient (Wildman–Crippen LogP) is 4.63. The molecule has 48 heavy (non-hydrogen) atoms. The van der Waals surface area contributed by atoms with E-state index in [9.17, 15) is 24.3 Å². The molecule has 0 aliphatic carbocycles. The van der Waals surface area contributed by atoms with Crippen LogP contribution < -0.4 is 4.90 Å². The number of aliphatic hydroxyl groups is 1. The van der Waals surface area contributed by atoms with Crippen LogP contribution in [0.5, 0.6) is 0 Å². The summed E-state index contributed by atoms with van der Waals surface area (Å²) in [5.74, 6) is -3.61. The first kappa shape index (κ1) is 35.3. The summed E-state index contributed by atoms with van der Waals surface area (Å²) in [5, 5.41) is 10.4. The van der Waals surface area contributed by atoms with E-state index in [1.807, 2.05) is 50.2 Å². The Morgan fingerprint density at radius 3 is 2.54 bits per heavy atom. The normalized spacial score (nSPS) is 25.3. The van der Waals surface area contributed by atoms with Crippen molar-refractivity contribution in [2.75, 3.05) is 31.6 Å². The smallest absolute Gasteiger partial charge is 0.313 e. The highest BCUT2D eigenvalue weighted by molar-refractivity contribution is 6.34. The van der Waals surface area contributed by atoms with E-state index in [2.05, 4.69) is 13.2 Å². The number of carbonyl (C=O) groups is 4. The summed E-state index contributed by atoms with van der Waals surface area (Å²) in [6, 6.07) is 12.9. The van der Waals surface area contributed by atoms with Gasteiger partial charge in [-0.25, -0.2) is 0 Å². The average molecular weight is 678 g/mol. The molecule has 1 spiro atoms. The van der Waals surface area contributed by atoms with Crippen LogP contribution in [-0.4, -0.2) is 89.1 Å². The number of esters is 1. The number of para-hydroxylation sites is 1. The van der Waals surface area contributed by atoms with Gasteiger partial charge in [-0.3, -0.25) is 19.2 Å². The number of β-amino-alcohol motifs (C(OH)–C–C–N with tert-alkyl or cyclic N) is 1. The lowest BCUT2D eigenvalue weighted by Gasteiger charge is -2.37. The number of nitrogens with zero attached hydrogens (tertiary/aromatic N) is 3. The summed E-state index contributed by atoms with van der Waals surface area (Å²) >= 11 is 6.61. The Kier molecular flexibility index (Phi) is 10.8. The number of carbonyl (C=O) groups excluding carboxylic acids is 4. The van der Waals surface area contributed by atoms with Gasteiger partial charge in [0.1, 0.15) is 17.7 Å². The van der Waals surface area contributed by atoms with Crippen LogP contribution in [0, 0.1) is 18.8 Å². The molecule has 3 aliphatic heterocycles. The maximum Gasteiger partial charge on any atom is 0.313 e. The molecule has 3 heterocycles. The monoisotopic (exact) mass is 677 g/mol. The summed E-state index contributed by atoms with van der Waals surface area (Å²) < 4.78 is 12.8. The number of fused-ring (bicyclic) bond motifs is 1. The third-order valence-corrected chi connectivity index (χ3v) is 10.4. The van der Waals surface area contributed by atoms with Crippen molar-refractivity contribution in [2.24, 2.45) is 11.8 Å². The quantitative estimate of drug-likeness (QED) is 0.229. The standard InChI is InChI=1S/C37H44ClN3O7/c1-6-8-17-28(43)39(5)24(4)32(25-14-10-9-11-15-25)47-36(46)29-27-18-19-37(48-27)30(29)34(44)41(21-22-42)33(37)35(45)40(20-7-2)31-23(3)13-12-16-26(31)38/h6-7,9-16,24,27,29-30,32-33,42H,1-2,8,17-22H2,3-5H3/t24-,27-,29+,30+,32+,33-,37+/m1/s1. The van der Waals surface area contributed by atoms with Gasteiger partial charge < -0.3 is 29.3 Å². The number of anilines is 1. The molecule has 2 bridgehead atoms. The predicted molar refractivity (Wildman–Crippen MR) is 182 cm³/mol. The number of allylic oxidation sites excluding steroid dienone is 1. The second-order valence-electron chi connectivity index (χ2n) is 12.8. The van der Waals surface area contributed by atoms with Crippen molar-refractivity contribution in [3.05, 3.63) is 90.0 Å². The van der Waals surface area contributed by atoms with E-state index in [0.29, 0.717) is 35.5 Å². The van der Waals surface area contributed by atoms with Crippen LogP contribution in [0.1, 0.15) is 49.8 Å². The highest BCUT2D eigenvalue weighted by atomic mass is 35.5. The minimum absolute atomic E-state index is 0.117.